The lowest BCUT2D eigenvalue weighted by atomic mass is 10.0. The molecule has 1 fully saturated rings. The predicted octanol–water partition coefficient (Wildman–Crippen LogP) is 2.18. The quantitative estimate of drug-likeness (QED) is 0.897. The van der Waals surface area contributed by atoms with Crippen LogP contribution in [-0.2, 0) is 0 Å². The van der Waals surface area contributed by atoms with Gasteiger partial charge in [0.25, 0.3) is 0 Å². The Balaban J connectivity index is 0.00000121. The zero-order chi connectivity index (χ0) is 13.9. The first kappa shape index (κ1) is 19.1. The molecule has 5 nitrogen and oxygen atoms in total. The van der Waals surface area contributed by atoms with Crippen molar-refractivity contribution in [1.82, 2.24) is 10.2 Å². The van der Waals surface area contributed by atoms with Gasteiger partial charge in [-0.15, -0.1) is 24.8 Å². The van der Waals surface area contributed by atoms with Gasteiger partial charge in [0.1, 0.15) is 6.67 Å². The van der Waals surface area contributed by atoms with E-state index in [1.807, 2.05) is 12.1 Å². The first-order valence-corrected chi connectivity index (χ1v) is 6.81. The van der Waals surface area contributed by atoms with Crippen molar-refractivity contribution in [1.29, 1.82) is 0 Å². The molecule has 0 radical (unpaired) electrons. The van der Waals surface area contributed by atoms with Gasteiger partial charge in [0, 0.05) is 26.2 Å². The Morgan fingerprint density at radius 3 is 2.64 bits per heavy atom. The minimum Gasteiger partial charge on any atom is -0.493 e. The van der Waals surface area contributed by atoms with E-state index in [1.165, 1.54) is 0 Å². The van der Waals surface area contributed by atoms with E-state index in [0.29, 0.717) is 17.2 Å². The average Bonchev–Trinajstić information content (AvgIpc) is 2.97. The second kappa shape index (κ2) is 8.62. The summed E-state index contributed by atoms with van der Waals surface area (Å²) in [5, 5.41) is 3.28. The number of piperazine rings is 1. The lowest BCUT2D eigenvalue weighted by Gasteiger charge is -2.33. The number of nitrogens with zero attached hydrogens (tertiary/aromatic N) is 1. The fourth-order valence-electron chi connectivity index (χ4n) is 2.73. The van der Waals surface area contributed by atoms with E-state index in [0.717, 1.165) is 31.7 Å². The van der Waals surface area contributed by atoms with Crippen LogP contribution in [0.4, 0.5) is 4.39 Å². The molecule has 0 unspecified atom stereocenters. The number of ether oxygens (including phenoxy) is 3. The van der Waals surface area contributed by atoms with Crippen molar-refractivity contribution in [3.63, 3.8) is 0 Å². The molecule has 2 aliphatic heterocycles. The topological polar surface area (TPSA) is 43.0 Å². The molecule has 1 aromatic rings. The van der Waals surface area contributed by atoms with Crippen LogP contribution in [0.5, 0.6) is 17.2 Å². The average molecular weight is 355 g/mol. The number of rotatable bonds is 4. The Bertz CT molecular complexity index is 487. The van der Waals surface area contributed by atoms with Gasteiger partial charge in [-0.25, -0.2) is 4.39 Å². The molecular weight excluding hydrogens is 334 g/mol. The number of alkyl halides is 1. The standard InChI is InChI=1S/C14H19FN2O3.2ClH/c1-18-12-6-10(7-13-14(12)20-9-19-13)11(8-15)17-4-2-16-3-5-17;;/h6-7,11,16H,2-5,8-9H2,1H3;2*1H/t11-;;/m0../s1. The van der Waals surface area contributed by atoms with E-state index in [9.17, 15) is 4.39 Å². The van der Waals surface area contributed by atoms with Gasteiger partial charge in [-0.3, -0.25) is 4.90 Å². The maximum atomic E-state index is 13.5. The summed E-state index contributed by atoms with van der Waals surface area (Å²) in [5.41, 5.74) is 0.871. The normalized spacial score (nSPS) is 18.1. The van der Waals surface area contributed by atoms with Crippen LogP contribution in [0.15, 0.2) is 12.1 Å². The molecule has 1 saturated heterocycles. The number of benzene rings is 1. The van der Waals surface area contributed by atoms with Gasteiger partial charge in [0.15, 0.2) is 11.5 Å². The van der Waals surface area contributed by atoms with Crippen LogP contribution in [0.25, 0.3) is 0 Å². The molecule has 0 amide bonds. The Kier molecular flexibility index (Phi) is 7.48. The molecule has 2 heterocycles. The molecule has 1 aromatic carbocycles. The van der Waals surface area contributed by atoms with Crippen molar-refractivity contribution >= 4 is 24.8 Å². The van der Waals surface area contributed by atoms with Crippen LogP contribution in [0.1, 0.15) is 11.6 Å². The van der Waals surface area contributed by atoms with Crippen LogP contribution >= 0.6 is 24.8 Å². The highest BCUT2D eigenvalue weighted by atomic mass is 35.5. The first-order chi connectivity index (χ1) is 9.83. The highest BCUT2D eigenvalue weighted by Gasteiger charge is 2.27. The van der Waals surface area contributed by atoms with E-state index in [2.05, 4.69) is 10.2 Å². The zero-order valence-electron chi connectivity index (χ0n) is 12.3. The van der Waals surface area contributed by atoms with E-state index in [-0.39, 0.29) is 37.6 Å². The molecule has 0 aliphatic carbocycles. The highest BCUT2D eigenvalue weighted by molar-refractivity contribution is 5.85. The van der Waals surface area contributed by atoms with Crippen LogP contribution < -0.4 is 19.5 Å². The van der Waals surface area contributed by atoms with Gasteiger partial charge >= 0.3 is 0 Å². The lowest BCUT2D eigenvalue weighted by Crippen LogP contribution is -2.45. The van der Waals surface area contributed by atoms with Crippen molar-refractivity contribution in [3.8, 4) is 17.2 Å². The van der Waals surface area contributed by atoms with Gasteiger partial charge in [-0.2, -0.15) is 0 Å². The Morgan fingerprint density at radius 2 is 2.00 bits per heavy atom. The summed E-state index contributed by atoms with van der Waals surface area (Å²) >= 11 is 0. The molecule has 0 bridgehead atoms. The minimum atomic E-state index is -0.428. The van der Waals surface area contributed by atoms with Gasteiger partial charge in [0.2, 0.25) is 12.5 Å². The maximum Gasteiger partial charge on any atom is 0.231 e. The van der Waals surface area contributed by atoms with Crippen molar-refractivity contribution in [3.05, 3.63) is 17.7 Å². The smallest absolute Gasteiger partial charge is 0.231 e. The molecule has 126 valence electrons. The molecule has 0 aromatic heterocycles. The molecule has 22 heavy (non-hydrogen) atoms. The Labute approximate surface area is 141 Å². The number of fused-ring (bicyclic) bond motifs is 1. The number of hydrogen-bond donors (Lipinski definition) is 1. The van der Waals surface area contributed by atoms with Gasteiger partial charge in [-0.05, 0) is 17.7 Å². The summed E-state index contributed by atoms with van der Waals surface area (Å²) in [6.45, 7) is 3.21. The SMILES string of the molecule is COc1cc([C@H](CF)N2CCNCC2)cc2c1OCO2.Cl.Cl. The molecule has 2 aliphatic rings. The van der Waals surface area contributed by atoms with Crippen molar-refractivity contribution in [2.24, 2.45) is 0 Å². The van der Waals surface area contributed by atoms with E-state index in [1.54, 1.807) is 7.11 Å². The number of hydrogen-bond acceptors (Lipinski definition) is 5. The van der Waals surface area contributed by atoms with Crippen LogP contribution in [0.2, 0.25) is 0 Å². The number of halogens is 3. The van der Waals surface area contributed by atoms with E-state index >= 15 is 0 Å². The summed E-state index contributed by atoms with van der Waals surface area (Å²) in [6, 6.07) is 3.44. The molecule has 1 atom stereocenters. The summed E-state index contributed by atoms with van der Waals surface area (Å²) in [4.78, 5) is 2.15. The molecular formula is C14H21Cl2FN2O3. The molecule has 1 N–H and O–H groups in total. The maximum absolute atomic E-state index is 13.5. The zero-order valence-corrected chi connectivity index (χ0v) is 14.0. The summed E-state index contributed by atoms with van der Waals surface area (Å²) in [7, 11) is 1.58. The number of methoxy groups -OCH3 is 1. The predicted molar refractivity (Wildman–Crippen MR) is 86.8 cm³/mol. The van der Waals surface area contributed by atoms with Gasteiger partial charge in [0.05, 0.1) is 13.2 Å². The highest BCUT2D eigenvalue weighted by Crippen LogP contribution is 2.43. The summed E-state index contributed by atoms with van der Waals surface area (Å²) in [5.74, 6) is 1.84. The first-order valence-electron chi connectivity index (χ1n) is 6.81. The summed E-state index contributed by atoms with van der Waals surface area (Å²) in [6.07, 6.45) is 0. The minimum absolute atomic E-state index is 0. The molecule has 0 saturated carbocycles. The fourth-order valence-corrected chi connectivity index (χ4v) is 2.73. The fraction of sp³-hybridized carbons (Fsp3) is 0.571. The second-order valence-electron chi connectivity index (χ2n) is 4.91. The van der Waals surface area contributed by atoms with Crippen LogP contribution in [-0.4, -0.2) is 51.7 Å². The monoisotopic (exact) mass is 354 g/mol. The van der Waals surface area contributed by atoms with E-state index in [4.69, 9.17) is 14.2 Å². The Hall–Kier alpha value is -0.950. The summed E-state index contributed by atoms with van der Waals surface area (Å²) < 4.78 is 29.6. The molecule has 0 spiro atoms. The van der Waals surface area contributed by atoms with Gasteiger partial charge < -0.3 is 19.5 Å². The Morgan fingerprint density at radius 1 is 1.27 bits per heavy atom. The van der Waals surface area contributed by atoms with Crippen molar-refractivity contribution < 1.29 is 18.6 Å². The van der Waals surface area contributed by atoms with Crippen molar-refractivity contribution in [2.45, 2.75) is 6.04 Å². The van der Waals surface area contributed by atoms with Crippen molar-refractivity contribution in [2.75, 3.05) is 46.8 Å². The molecule has 3 rings (SSSR count). The third-order valence-electron chi connectivity index (χ3n) is 3.80. The second-order valence-corrected chi connectivity index (χ2v) is 4.91. The van der Waals surface area contributed by atoms with Crippen LogP contribution in [0, 0.1) is 0 Å². The molecule has 8 heteroatoms. The lowest BCUT2D eigenvalue weighted by molar-refractivity contribution is 0.147. The third-order valence-corrected chi connectivity index (χ3v) is 3.80. The third kappa shape index (κ3) is 3.68. The largest absolute Gasteiger partial charge is 0.493 e. The van der Waals surface area contributed by atoms with Gasteiger partial charge in [-0.1, -0.05) is 0 Å². The van der Waals surface area contributed by atoms with E-state index < -0.39 is 6.67 Å². The van der Waals surface area contributed by atoms with Crippen LogP contribution in [0.3, 0.4) is 0 Å². The number of nitrogens with one attached hydrogen (secondary N) is 1.